The van der Waals surface area contributed by atoms with Crippen LogP contribution in [0.3, 0.4) is 0 Å². The zero-order valence-electron chi connectivity index (χ0n) is 12.9. The van der Waals surface area contributed by atoms with E-state index in [4.69, 9.17) is 4.74 Å². The van der Waals surface area contributed by atoms with Crippen molar-refractivity contribution in [1.82, 2.24) is 14.9 Å². The molecular weight excluding hydrogens is 312 g/mol. The molecular formula is C16H18N4O2S. The van der Waals surface area contributed by atoms with E-state index in [1.165, 1.54) is 16.8 Å². The van der Waals surface area contributed by atoms with Crippen LogP contribution < -0.4 is 9.64 Å². The summed E-state index contributed by atoms with van der Waals surface area (Å²) in [6.07, 6.45) is 2.48. The number of carbonyl (C=O) groups excluding carboxylic acids is 1. The van der Waals surface area contributed by atoms with Gasteiger partial charge in [0, 0.05) is 37.1 Å². The Labute approximate surface area is 138 Å². The van der Waals surface area contributed by atoms with Crippen LogP contribution in [0.2, 0.25) is 0 Å². The third-order valence-electron chi connectivity index (χ3n) is 4.51. The highest BCUT2D eigenvalue weighted by molar-refractivity contribution is 7.10. The van der Waals surface area contributed by atoms with E-state index in [0.29, 0.717) is 19.0 Å². The van der Waals surface area contributed by atoms with E-state index in [0.717, 1.165) is 25.3 Å². The first-order valence-corrected chi connectivity index (χ1v) is 8.57. The zero-order valence-corrected chi connectivity index (χ0v) is 13.8. The zero-order chi connectivity index (χ0) is 15.8. The number of rotatable bonds is 3. The maximum Gasteiger partial charge on any atom is 0.229 e. The van der Waals surface area contributed by atoms with Crippen molar-refractivity contribution in [3.63, 3.8) is 0 Å². The summed E-state index contributed by atoms with van der Waals surface area (Å²) in [6.45, 7) is 3.03. The number of hydrogen-bond acceptors (Lipinski definition) is 6. The first-order chi connectivity index (χ1) is 11.2. The van der Waals surface area contributed by atoms with Gasteiger partial charge >= 0.3 is 0 Å². The Morgan fingerprint density at radius 3 is 3.09 bits per heavy atom. The smallest absolute Gasteiger partial charge is 0.229 e. The normalized spacial score (nSPS) is 17.6. The number of anilines is 1. The van der Waals surface area contributed by atoms with Crippen molar-refractivity contribution < 1.29 is 9.53 Å². The monoisotopic (exact) mass is 330 g/mol. The lowest BCUT2D eigenvalue weighted by Crippen LogP contribution is -2.55. The van der Waals surface area contributed by atoms with Crippen LogP contribution in [-0.2, 0) is 17.8 Å². The van der Waals surface area contributed by atoms with Gasteiger partial charge in [0.15, 0.2) is 0 Å². The van der Waals surface area contributed by atoms with Crippen LogP contribution in [0.15, 0.2) is 23.8 Å². The lowest BCUT2D eigenvalue weighted by atomic mass is 9.97. The molecule has 0 N–H and O–H groups in total. The molecule has 0 saturated carbocycles. The van der Waals surface area contributed by atoms with Gasteiger partial charge in [-0.15, -0.1) is 11.3 Å². The fraction of sp³-hybridized carbons (Fsp3) is 0.438. The number of fused-ring (bicyclic) bond motifs is 1. The second-order valence-electron chi connectivity index (χ2n) is 5.90. The summed E-state index contributed by atoms with van der Waals surface area (Å²) in [6, 6.07) is 3.94. The minimum atomic E-state index is 0.0659. The number of carbonyl (C=O) groups is 1. The van der Waals surface area contributed by atoms with Crippen LogP contribution in [0.4, 0.5) is 5.82 Å². The van der Waals surface area contributed by atoms with Crippen molar-refractivity contribution in [2.75, 3.05) is 31.6 Å². The summed E-state index contributed by atoms with van der Waals surface area (Å²) in [5.74, 6) is 1.70. The number of aromatic nitrogens is 2. The topological polar surface area (TPSA) is 58.6 Å². The number of nitrogens with zero attached hydrogens (tertiary/aromatic N) is 4. The first kappa shape index (κ1) is 14.4. The van der Waals surface area contributed by atoms with Gasteiger partial charge in [0.25, 0.3) is 0 Å². The van der Waals surface area contributed by atoms with Crippen molar-refractivity contribution in [3.05, 3.63) is 34.3 Å². The maximum absolute atomic E-state index is 12.7. The van der Waals surface area contributed by atoms with E-state index in [1.54, 1.807) is 24.5 Å². The molecule has 0 unspecified atom stereocenters. The maximum atomic E-state index is 12.7. The van der Waals surface area contributed by atoms with Gasteiger partial charge in [0.1, 0.15) is 12.1 Å². The molecule has 6 nitrogen and oxygen atoms in total. The first-order valence-electron chi connectivity index (χ1n) is 7.69. The van der Waals surface area contributed by atoms with Crippen molar-refractivity contribution in [1.29, 1.82) is 0 Å². The fourth-order valence-electron chi connectivity index (χ4n) is 3.13. The molecule has 120 valence electrons. The van der Waals surface area contributed by atoms with Crippen molar-refractivity contribution in [2.45, 2.75) is 13.0 Å². The Balaban J connectivity index is 1.37. The van der Waals surface area contributed by atoms with E-state index < -0.39 is 0 Å². The second kappa shape index (κ2) is 5.81. The van der Waals surface area contributed by atoms with Crippen LogP contribution in [0.25, 0.3) is 0 Å². The molecule has 0 atom stereocenters. The van der Waals surface area contributed by atoms with E-state index in [2.05, 4.69) is 26.3 Å². The molecule has 2 aliphatic heterocycles. The summed E-state index contributed by atoms with van der Waals surface area (Å²) in [5.41, 5.74) is 1.31. The van der Waals surface area contributed by atoms with Gasteiger partial charge in [-0.25, -0.2) is 9.97 Å². The molecule has 0 bridgehead atoms. The third-order valence-corrected chi connectivity index (χ3v) is 5.53. The van der Waals surface area contributed by atoms with E-state index in [1.807, 2.05) is 4.90 Å². The minimum absolute atomic E-state index is 0.0659. The Morgan fingerprint density at radius 1 is 1.39 bits per heavy atom. The SMILES string of the molecule is COc1cc(N2CC(C(=O)N3CCc4sccc4C3)C2)ncn1. The van der Waals surface area contributed by atoms with Gasteiger partial charge in [0.2, 0.25) is 11.8 Å². The number of amides is 1. The lowest BCUT2D eigenvalue weighted by molar-refractivity contribution is -0.137. The van der Waals surface area contributed by atoms with E-state index >= 15 is 0 Å². The summed E-state index contributed by atoms with van der Waals surface area (Å²) in [5, 5.41) is 2.12. The summed E-state index contributed by atoms with van der Waals surface area (Å²) in [7, 11) is 1.59. The lowest BCUT2D eigenvalue weighted by Gasteiger charge is -2.42. The van der Waals surface area contributed by atoms with Crippen molar-refractivity contribution >= 4 is 23.1 Å². The van der Waals surface area contributed by atoms with Crippen LogP contribution in [0.5, 0.6) is 5.88 Å². The number of methoxy groups -OCH3 is 1. The molecule has 2 aromatic rings. The van der Waals surface area contributed by atoms with Gasteiger partial charge in [-0.05, 0) is 23.4 Å². The standard InChI is InChI=1S/C16H18N4O2S/c1-22-15-6-14(17-10-18-15)20-8-12(9-20)16(21)19-4-2-13-11(7-19)3-5-23-13/h3,5-6,10,12H,2,4,7-9H2,1H3. The Kier molecular flexibility index (Phi) is 3.65. The molecule has 1 amide bonds. The quantitative estimate of drug-likeness (QED) is 0.855. The van der Waals surface area contributed by atoms with E-state index in [-0.39, 0.29) is 11.8 Å². The predicted octanol–water partition coefficient (Wildman–Crippen LogP) is 1.57. The molecule has 23 heavy (non-hydrogen) atoms. The summed E-state index contributed by atoms with van der Waals surface area (Å²) in [4.78, 5) is 26.4. The highest BCUT2D eigenvalue weighted by atomic mass is 32.1. The number of ether oxygens (including phenoxy) is 1. The van der Waals surface area contributed by atoms with Crippen LogP contribution in [0.1, 0.15) is 10.4 Å². The molecule has 0 aliphatic carbocycles. The Hall–Kier alpha value is -2.15. The largest absolute Gasteiger partial charge is 0.481 e. The Morgan fingerprint density at radius 2 is 2.26 bits per heavy atom. The van der Waals surface area contributed by atoms with Gasteiger partial charge < -0.3 is 14.5 Å². The number of hydrogen-bond donors (Lipinski definition) is 0. The molecule has 2 aliphatic rings. The fourth-order valence-corrected chi connectivity index (χ4v) is 4.02. The molecule has 2 aromatic heterocycles. The highest BCUT2D eigenvalue weighted by Gasteiger charge is 2.37. The number of thiophene rings is 1. The molecule has 4 rings (SSSR count). The predicted molar refractivity (Wildman–Crippen MR) is 87.7 cm³/mol. The molecule has 0 radical (unpaired) electrons. The van der Waals surface area contributed by atoms with Gasteiger partial charge in [-0.2, -0.15) is 0 Å². The summed E-state index contributed by atoms with van der Waals surface area (Å²) < 4.78 is 5.12. The summed E-state index contributed by atoms with van der Waals surface area (Å²) >= 11 is 1.80. The van der Waals surface area contributed by atoms with Crippen molar-refractivity contribution in [3.8, 4) is 5.88 Å². The average Bonchev–Trinajstić information content (AvgIpc) is 3.01. The molecule has 0 spiro atoms. The molecule has 7 heteroatoms. The van der Waals surface area contributed by atoms with E-state index in [9.17, 15) is 4.79 Å². The van der Waals surface area contributed by atoms with Gasteiger partial charge in [-0.3, -0.25) is 4.79 Å². The van der Waals surface area contributed by atoms with Crippen LogP contribution in [0, 0.1) is 5.92 Å². The highest BCUT2D eigenvalue weighted by Crippen LogP contribution is 2.29. The average molecular weight is 330 g/mol. The van der Waals surface area contributed by atoms with Gasteiger partial charge in [0.05, 0.1) is 13.0 Å². The second-order valence-corrected chi connectivity index (χ2v) is 6.90. The van der Waals surface area contributed by atoms with Crippen molar-refractivity contribution in [2.24, 2.45) is 5.92 Å². The molecule has 0 aromatic carbocycles. The third kappa shape index (κ3) is 2.65. The minimum Gasteiger partial charge on any atom is -0.481 e. The van der Waals surface area contributed by atoms with Crippen LogP contribution in [-0.4, -0.2) is 47.5 Å². The Bertz CT molecular complexity index is 726. The molecule has 1 fully saturated rings. The van der Waals surface area contributed by atoms with Gasteiger partial charge in [-0.1, -0.05) is 0 Å². The van der Waals surface area contributed by atoms with Crippen LogP contribution >= 0.6 is 11.3 Å². The molecule has 4 heterocycles. The molecule has 1 saturated heterocycles.